The van der Waals surface area contributed by atoms with Crippen molar-refractivity contribution in [3.63, 3.8) is 0 Å². The van der Waals surface area contributed by atoms with Gasteiger partial charge in [0.1, 0.15) is 6.04 Å². The molecule has 1 rings (SSSR count). The van der Waals surface area contributed by atoms with Gasteiger partial charge in [0, 0.05) is 12.5 Å². The van der Waals surface area contributed by atoms with Crippen molar-refractivity contribution in [1.29, 1.82) is 0 Å². The van der Waals surface area contributed by atoms with Crippen LogP contribution in [0.1, 0.15) is 24.3 Å². The number of carboxylic acids is 1. The second-order valence-corrected chi connectivity index (χ2v) is 4.27. The molecule has 0 radical (unpaired) electrons. The summed E-state index contributed by atoms with van der Waals surface area (Å²) >= 11 is 0. The molecule has 1 aromatic rings. The summed E-state index contributed by atoms with van der Waals surface area (Å²) in [5.74, 6) is -1.32. The number of aliphatic carboxylic acids is 1. The summed E-state index contributed by atoms with van der Waals surface area (Å²) in [6.07, 6.45) is -0.161. The molecule has 116 valence electrons. The van der Waals surface area contributed by atoms with Gasteiger partial charge in [-0.05, 0) is 13.3 Å². The highest BCUT2D eigenvalue weighted by Crippen LogP contribution is 2.02. The number of nitrogens with zero attached hydrogens (tertiary/aromatic N) is 1. The molecular weight excluding hydrogens is 282 g/mol. The minimum atomic E-state index is -1.23. The largest absolute Gasteiger partial charge is 0.480 e. The number of amides is 2. The number of rotatable bonds is 7. The highest BCUT2D eigenvalue weighted by atomic mass is 16.5. The fourth-order valence-corrected chi connectivity index (χ4v) is 1.50. The summed E-state index contributed by atoms with van der Waals surface area (Å²) in [6.45, 7) is 1.82. The van der Waals surface area contributed by atoms with Crippen LogP contribution in [0.2, 0.25) is 0 Å². The fourth-order valence-electron chi connectivity index (χ4n) is 1.50. The number of esters is 1. The highest BCUT2D eigenvalue weighted by Gasteiger charge is 2.21. The molecular formula is C12H17N3O6. The third kappa shape index (κ3) is 5.93. The van der Waals surface area contributed by atoms with Gasteiger partial charge in [0.15, 0.2) is 5.76 Å². The molecule has 0 aliphatic rings. The molecule has 2 amide bonds. The maximum atomic E-state index is 11.6. The molecule has 0 aliphatic heterocycles. The van der Waals surface area contributed by atoms with Gasteiger partial charge in [0.05, 0.1) is 19.3 Å². The van der Waals surface area contributed by atoms with Crippen LogP contribution < -0.4 is 10.6 Å². The van der Waals surface area contributed by atoms with Crippen LogP contribution in [0.5, 0.6) is 0 Å². The van der Waals surface area contributed by atoms with Gasteiger partial charge in [0.2, 0.25) is 0 Å². The summed E-state index contributed by atoms with van der Waals surface area (Å²) in [5.41, 5.74) is 0.675. The number of carboxylic acid groups (broad SMARTS) is 1. The standard InChI is InChI=1S/C12H17N3O6/c1-7-5-8(21-15-7)6-13-12(19)14-9(11(17)18)3-4-10(16)20-2/h5,9H,3-4,6H2,1-2H3,(H,17,18)(H2,13,14,19)/t9-/m0/s1. The number of nitrogens with one attached hydrogen (secondary N) is 2. The Morgan fingerprint density at radius 2 is 2.19 bits per heavy atom. The third-order valence-corrected chi connectivity index (χ3v) is 2.57. The second-order valence-electron chi connectivity index (χ2n) is 4.27. The molecule has 0 aromatic carbocycles. The molecule has 9 heteroatoms. The van der Waals surface area contributed by atoms with E-state index in [2.05, 4.69) is 20.5 Å². The molecule has 0 unspecified atom stereocenters. The van der Waals surface area contributed by atoms with Crippen molar-refractivity contribution in [2.24, 2.45) is 0 Å². The minimum Gasteiger partial charge on any atom is -0.480 e. The molecule has 0 fully saturated rings. The van der Waals surface area contributed by atoms with Crippen LogP contribution in [0.25, 0.3) is 0 Å². The number of hydrogen-bond acceptors (Lipinski definition) is 6. The topological polar surface area (TPSA) is 131 Å². The number of carbonyl (C=O) groups excluding carboxylic acids is 2. The zero-order valence-corrected chi connectivity index (χ0v) is 11.7. The van der Waals surface area contributed by atoms with Crippen LogP contribution in [-0.4, -0.2) is 41.4 Å². The predicted molar refractivity (Wildman–Crippen MR) is 69.3 cm³/mol. The SMILES string of the molecule is COC(=O)CC[C@H](NC(=O)NCc1cc(C)no1)C(=O)O. The first kappa shape index (κ1) is 16.5. The van der Waals surface area contributed by atoms with Crippen LogP contribution in [-0.2, 0) is 20.9 Å². The van der Waals surface area contributed by atoms with Crippen molar-refractivity contribution >= 4 is 18.0 Å². The van der Waals surface area contributed by atoms with E-state index < -0.39 is 24.0 Å². The van der Waals surface area contributed by atoms with Gasteiger partial charge < -0.3 is 25.0 Å². The van der Waals surface area contributed by atoms with E-state index in [0.29, 0.717) is 11.5 Å². The monoisotopic (exact) mass is 299 g/mol. The smallest absolute Gasteiger partial charge is 0.326 e. The van der Waals surface area contributed by atoms with E-state index in [1.165, 1.54) is 7.11 Å². The lowest BCUT2D eigenvalue weighted by atomic mass is 10.1. The van der Waals surface area contributed by atoms with Gasteiger partial charge in [-0.1, -0.05) is 5.16 Å². The lowest BCUT2D eigenvalue weighted by Crippen LogP contribution is -2.46. The number of ether oxygens (including phenoxy) is 1. The number of carbonyl (C=O) groups is 3. The zero-order valence-electron chi connectivity index (χ0n) is 11.7. The van der Waals surface area contributed by atoms with Crippen molar-refractivity contribution in [3.8, 4) is 0 Å². The summed E-state index contributed by atoms with van der Waals surface area (Å²) in [5, 5.41) is 17.3. The summed E-state index contributed by atoms with van der Waals surface area (Å²) in [4.78, 5) is 33.6. The lowest BCUT2D eigenvalue weighted by molar-refractivity contribution is -0.142. The molecule has 3 N–H and O–H groups in total. The summed E-state index contributed by atoms with van der Waals surface area (Å²) in [7, 11) is 1.21. The van der Waals surface area contributed by atoms with Gasteiger partial charge in [-0.25, -0.2) is 9.59 Å². The average Bonchev–Trinajstić information content (AvgIpc) is 2.86. The Morgan fingerprint density at radius 1 is 1.48 bits per heavy atom. The second kappa shape index (κ2) is 7.88. The Hall–Kier alpha value is -2.58. The van der Waals surface area contributed by atoms with Crippen LogP contribution >= 0.6 is 0 Å². The van der Waals surface area contributed by atoms with E-state index in [4.69, 9.17) is 9.63 Å². The first-order chi connectivity index (χ1) is 9.92. The van der Waals surface area contributed by atoms with Gasteiger partial charge in [-0.15, -0.1) is 0 Å². The van der Waals surface area contributed by atoms with Crippen molar-refractivity contribution in [3.05, 3.63) is 17.5 Å². The van der Waals surface area contributed by atoms with Crippen molar-refractivity contribution < 1.29 is 28.8 Å². The van der Waals surface area contributed by atoms with E-state index in [1.807, 2.05) is 0 Å². The Bertz CT molecular complexity index is 513. The maximum absolute atomic E-state index is 11.6. The Morgan fingerprint density at radius 3 is 2.71 bits per heavy atom. The van der Waals surface area contributed by atoms with Crippen molar-refractivity contribution in [2.45, 2.75) is 32.4 Å². The Labute approximate surface area is 120 Å². The summed E-state index contributed by atoms with van der Waals surface area (Å²) < 4.78 is 9.30. The molecule has 0 saturated heterocycles. The normalized spacial score (nSPS) is 11.5. The first-order valence-electron chi connectivity index (χ1n) is 6.18. The molecule has 1 aromatic heterocycles. The third-order valence-electron chi connectivity index (χ3n) is 2.57. The van der Waals surface area contributed by atoms with Crippen molar-refractivity contribution in [1.82, 2.24) is 15.8 Å². The van der Waals surface area contributed by atoms with Crippen LogP contribution in [0.15, 0.2) is 10.6 Å². The number of methoxy groups -OCH3 is 1. The van der Waals surface area contributed by atoms with Crippen LogP contribution in [0, 0.1) is 6.92 Å². The van der Waals surface area contributed by atoms with Gasteiger partial charge >= 0.3 is 18.0 Å². The van der Waals surface area contributed by atoms with E-state index in [-0.39, 0.29) is 19.4 Å². The predicted octanol–water partition coefficient (Wildman–Crippen LogP) is 0.189. The molecule has 0 saturated carbocycles. The molecule has 1 atom stereocenters. The quantitative estimate of drug-likeness (QED) is 0.612. The van der Waals surface area contributed by atoms with E-state index in [9.17, 15) is 14.4 Å². The minimum absolute atomic E-state index is 0.0587. The first-order valence-corrected chi connectivity index (χ1v) is 6.18. The van der Waals surface area contributed by atoms with Gasteiger partial charge in [-0.3, -0.25) is 4.79 Å². The molecule has 1 heterocycles. The lowest BCUT2D eigenvalue weighted by Gasteiger charge is -2.14. The molecule has 21 heavy (non-hydrogen) atoms. The van der Waals surface area contributed by atoms with Gasteiger partial charge in [0.25, 0.3) is 0 Å². The fraction of sp³-hybridized carbons (Fsp3) is 0.500. The number of aryl methyl sites for hydroxylation is 1. The number of hydrogen-bond donors (Lipinski definition) is 3. The molecule has 9 nitrogen and oxygen atoms in total. The molecule has 0 bridgehead atoms. The summed E-state index contributed by atoms with van der Waals surface area (Å²) in [6, 6.07) is -0.214. The van der Waals surface area contributed by atoms with Crippen LogP contribution in [0.3, 0.4) is 0 Å². The van der Waals surface area contributed by atoms with Gasteiger partial charge in [-0.2, -0.15) is 0 Å². The van der Waals surface area contributed by atoms with Crippen molar-refractivity contribution in [2.75, 3.05) is 7.11 Å². The van der Waals surface area contributed by atoms with E-state index in [0.717, 1.165) is 0 Å². The number of urea groups is 1. The molecule has 0 aliphatic carbocycles. The van der Waals surface area contributed by atoms with E-state index in [1.54, 1.807) is 13.0 Å². The molecule has 0 spiro atoms. The highest BCUT2D eigenvalue weighted by molar-refractivity contribution is 5.83. The Kier molecular flexibility index (Phi) is 6.18. The zero-order chi connectivity index (χ0) is 15.8. The average molecular weight is 299 g/mol. The maximum Gasteiger partial charge on any atom is 0.326 e. The van der Waals surface area contributed by atoms with E-state index >= 15 is 0 Å². The number of aromatic nitrogens is 1. The van der Waals surface area contributed by atoms with Crippen LogP contribution in [0.4, 0.5) is 4.79 Å². The Balaban J connectivity index is 2.41.